The Morgan fingerprint density at radius 1 is 0.956 bits per heavy atom. The number of benzene rings is 2. The summed E-state index contributed by atoms with van der Waals surface area (Å²) in [6, 6.07) is 14.2. The Morgan fingerprint density at radius 2 is 1.60 bits per heavy atom. The van der Waals surface area contributed by atoms with Gasteiger partial charge in [0.15, 0.2) is 5.78 Å². The van der Waals surface area contributed by atoms with E-state index in [1.165, 1.54) is 26.0 Å². The maximum atomic E-state index is 13.5. The van der Waals surface area contributed by atoms with Gasteiger partial charge in [-0.05, 0) is 84.6 Å². The summed E-state index contributed by atoms with van der Waals surface area (Å²) in [6.07, 6.45) is 2.01. The van der Waals surface area contributed by atoms with E-state index < -0.39 is 46.9 Å². The summed E-state index contributed by atoms with van der Waals surface area (Å²) in [5.74, 6) is -2.23. The molecule has 0 fully saturated rings. The van der Waals surface area contributed by atoms with Crippen LogP contribution in [-0.2, 0) is 35.2 Å². The lowest BCUT2D eigenvalue weighted by molar-refractivity contribution is -0.145. The normalized spacial score (nSPS) is 13.4. The third kappa shape index (κ3) is 13.6. The van der Waals surface area contributed by atoms with E-state index in [1.807, 2.05) is 36.4 Å². The van der Waals surface area contributed by atoms with E-state index in [2.05, 4.69) is 10.6 Å². The summed E-state index contributed by atoms with van der Waals surface area (Å²) >= 11 is 0. The van der Waals surface area contributed by atoms with Crippen molar-refractivity contribution in [1.29, 1.82) is 0 Å². The zero-order valence-electron chi connectivity index (χ0n) is 27.4. The average Bonchev–Trinajstić information content (AvgIpc) is 2.94. The van der Waals surface area contributed by atoms with Gasteiger partial charge in [0.1, 0.15) is 23.0 Å². The fourth-order valence-electron chi connectivity index (χ4n) is 4.36. The number of esters is 1. The van der Waals surface area contributed by atoms with Crippen LogP contribution in [0, 0.1) is 5.82 Å². The Bertz CT molecular complexity index is 1300. The summed E-state index contributed by atoms with van der Waals surface area (Å²) < 4.78 is 29.8. The van der Waals surface area contributed by atoms with Crippen LogP contribution in [-0.4, -0.2) is 54.1 Å². The fourth-order valence-corrected chi connectivity index (χ4v) is 4.36. The predicted molar refractivity (Wildman–Crippen MR) is 170 cm³/mol. The van der Waals surface area contributed by atoms with Crippen molar-refractivity contribution in [3.05, 3.63) is 83.2 Å². The number of ketones is 1. The highest BCUT2D eigenvalue weighted by atomic mass is 19.1. The molecule has 0 radical (unpaired) electrons. The molecule has 0 bridgehead atoms. The lowest BCUT2D eigenvalue weighted by Crippen LogP contribution is -2.59. The van der Waals surface area contributed by atoms with Crippen molar-refractivity contribution < 1.29 is 37.8 Å². The second-order valence-electron chi connectivity index (χ2n) is 12.4. The molecule has 2 atom stereocenters. The zero-order chi connectivity index (χ0) is 33.6. The molecule has 0 aliphatic heterocycles. The summed E-state index contributed by atoms with van der Waals surface area (Å²) in [4.78, 5) is 51.7. The molecular formula is C35H47FN2O7. The Morgan fingerprint density at radius 3 is 2.20 bits per heavy atom. The van der Waals surface area contributed by atoms with Crippen LogP contribution in [0.15, 0.2) is 66.2 Å². The SMILES string of the molecule is CCOC(=O)C(CC/C=C(\C)CC(=O)[C@@H](COCc1ccccc1)NC(=O)C(C)(C)NC(=O)OC(C)(C)C)c1ccc(F)cc1. The van der Waals surface area contributed by atoms with Crippen molar-refractivity contribution in [2.24, 2.45) is 0 Å². The monoisotopic (exact) mass is 626 g/mol. The second kappa shape index (κ2) is 17.4. The molecule has 45 heavy (non-hydrogen) atoms. The van der Waals surface area contributed by atoms with Crippen molar-refractivity contribution in [2.75, 3.05) is 13.2 Å². The topological polar surface area (TPSA) is 120 Å². The molecule has 246 valence electrons. The standard InChI is InChI=1S/C35H47FN2O7/c1-8-44-31(40)28(26-17-19-27(36)20-18-26)16-12-13-24(2)21-30(39)29(23-43-22-25-14-10-9-11-15-25)37-32(41)35(6,7)38-33(42)45-34(3,4)5/h9-11,13-15,17-20,28-29H,8,12,16,21-23H2,1-7H3,(H,37,41)(H,38,42)/b24-13+/t28?,29-/m1/s1. The van der Waals surface area contributed by atoms with E-state index >= 15 is 0 Å². The number of carbonyl (C=O) groups excluding carboxylic acids is 4. The molecule has 2 aromatic carbocycles. The van der Waals surface area contributed by atoms with Crippen LogP contribution in [0.1, 0.15) is 84.8 Å². The van der Waals surface area contributed by atoms with Crippen molar-refractivity contribution in [3.8, 4) is 0 Å². The predicted octanol–water partition coefficient (Wildman–Crippen LogP) is 6.16. The quantitative estimate of drug-likeness (QED) is 0.169. The van der Waals surface area contributed by atoms with Gasteiger partial charge >= 0.3 is 12.1 Å². The van der Waals surface area contributed by atoms with Crippen LogP contribution in [0.4, 0.5) is 9.18 Å². The highest BCUT2D eigenvalue weighted by Gasteiger charge is 2.34. The Labute approximate surface area is 265 Å². The van der Waals surface area contributed by atoms with E-state index in [9.17, 15) is 23.6 Å². The third-order valence-corrected chi connectivity index (χ3v) is 6.72. The fraction of sp³-hybridized carbons (Fsp3) is 0.486. The van der Waals surface area contributed by atoms with Crippen molar-refractivity contribution in [2.45, 2.75) is 97.4 Å². The number of alkyl carbamates (subject to hydrolysis) is 1. The molecule has 9 nitrogen and oxygen atoms in total. The van der Waals surface area contributed by atoms with Gasteiger partial charge in [0, 0.05) is 6.42 Å². The first kappa shape index (κ1) is 37.1. The second-order valence-corrected chi connectivity index (χ2v) is 12.4. The van der Waals surface area contributed by atoms with Crippen LogP contribution in [0.3, 0.4) is 0 Å². The molecule has 1 unspecified atom stereocenters. The first-order chi connectivity index (χ1) is 21.1. The molecular weight excluding hydrogens is 579 g/mol. The number of carbonyl (C=O) groups is 4. The Hall–Kier alpha value is -4.05. The Balaban J connectivity index is 2.11. The highest BCUT2D eigenvalue weighted by Crippen LogP contribution is 2.24. The summed E-state index contributed by atoms with van der Waals surface area (Å²) in [7, 11) is 0. The maximum Gasteiger partial charge on any atom is 0.408 e. The minimum Gasteiger partial charge on any atom is -0.466 e. The number of rotatable bonds is 16. The zero-order valence-corrected chi connectivity index (χ0v) is 27.4. The van der Waals surface area contributed by atoms with Gasteiger partial charge in [-0.15, -0.1) is 0 Å². The van der Waals surface area contributed by atoms with Crippen molar-refractivity contribution >= 4 is 23.8 Å². The van der Waals surface area contributed by atoms with Crippen LogP contribution in [0.2, 0.25) is 0 Å². The number of allylic oxidation sites excluding steroid dienone is 2. The van der Waals surface area contributed by atoms with E-state index in [1.54, 1.807) is 46.8 Å². The molecule has 0 aromatic heterocycles. The number of Topliss-reactive ketones (excluding diaryl/α,β-unsaturated/α-hetero) is 1. The number of ether oxygens (including phenoxy) is 3. The van der Waals surface area contributed by atoms with Gasteiger partial charge in [0.05, 0.1) is 25.7 Å². The number of hydrogen-bond acceptors (Lipinski definition) is 7. The molecule has 0 heterocycles. The van der Waals surface area contributed by atoms with Crippen LogP contribution in [0.25, 0.3) is 0 Å². The third-order valence-electron chi connectivity index (χ3n) is 6.72. The minimum absolute atomic E-state index is 0.0280. The van der Waals surface area contributed by atoms with Crippen molar-refractivity contribution in [1.82, 2.24) is 10.6 Å². The van der Waals surface area contributed by atoms with Crippen molar-refractivity contribution in [3.63, 3.8) is 0 Å². The molecule has 10 heteroatoms. The molecule has 2 N–H and O–H groups in total. The first-order valence-corrected chi connectivity index (χ1v) is 15.2. The van der Waals surface area contributed by atoms with Gasteiger partial charge in [-0.3, -0.25) is 14.4 Å². The number of hydrogen-bond donors (Lipinski definition) is 2. The van der Waals surface area contributed by atoms with E-state index in [0.717, 1.165) is 11.1 Å². The number of halogens is 1. The molecule has 0 spiro atoms. The van der Waals surface area contributed by atoms with Gasteiger partial charge in [0.25, 0.3) is 0 Å². The van der Waals surface area contributed by atoms with Crippen LogP contribution in [0.5, 0.6) is 0 Å². The highest BCUT2D eigenvalue weighted by molar-refractivity contribution is 5.94. The molecule has 0 saturated heterocycles. The lowest BCUT2D eigenvalue weighted by Gasteiger charge is -2.29. The lowest BCUT2D eigenvalue weighted by atomic mass is 9.93. The molecule has 0 saturated carbocycles. The van der Waals surface area contributed by atoms with Gasteiger partial charge in [0.2, 0.25) is 5.91 Å². The first-order valence-electron chi connectivity index (χ1n) is 15.2. The van der Waals surface area contributed by atoms with Crippen LogP contribution >= 0.6 is 0 Å². The van der Waals surface area contributed by atoms with Gasteiger partial charge in [-0.25, -0.2) is 9.18 Å². The van der Waals surface area contributed by atoms with E-state index in [4.69, 9.17) is 14.2 Å². The molecule has 2 rings (SSSR count). The summed E-state index contributed by atoms with van der Waals surface area (Å²) in [6.45, 7) is 12.1. The number of nitrogens with one attached hydrogen (secondary N) is 2. The summed E-state index contributed by atoms with van der Waals surface area (Å²) in [5, 5.41) is 5.30. The largest absolute Gasteiger partial charge is 0.466 e. The summed E-state index contributed by atoms with van der Waals surface area (Å²) in [5.41, 5.74) is 0.177. The maximum absolute atomic E-state index is 13.5. The Kier molecular flexibility index (Phi) is 14.4. The molecule has 0 aliphatic rings. The average molecular weight is 627 g/mol. The molecule has 2 amide bonds. The molecule has 2 aromatic rings. The van der Waals surface area contributed by atoms with Gasteiger partial charge < -0.3 is 24.8 Å². The molecule has 0 aliphatic carbocycles. The van der Waals surface area contributed by atoms with Gasteiger partial charge in [-0.2, -0.15) is 0 Å². The van der Waals surface area contributed by atoms with Crippen LogP contribution < -0.4 is 10.6 Å². The van der Waals surface area contributed by atoms with E-state index in [0.29, 0.717) is 18.4 Å². The minimum atomic E-state index is -1.38. The van der Waals surface area contributed by atoms with E-state index in [-0.39, 0.29) is 32.0 Å². The van der Waals surface area contributed by atoms with Gasteiger partial charge in [-0.1, -0.05) is 54.1 Å². The smallest absolute Gasteiger partial charge is 0.408 e. The number of amides is 2.